The van der Waals surface area contributed by atoms with Crippen molar-refractivity contribution in [2.45, 2.75) is 19.8 Å². The highest BCUT2D eigenvalue weighted by molar-refractivity contribution is 9.10. The molecule has 23 heavy (non-hydrogen) atoms. The van der Waals surface area contributed by atoms with E-state index in [4.69, 9.17) is 9.40 Å². The molecular weight excluding hydrogens is 350 g/mol. The molecule has 3 heteroatoms. The summed E-state index contributed by atoms with van der Waals surface area (Å²) >= 11 is 3.61. The van der Waals surface area contributed by atoms with E-state index in [-0.39, 0.29) is 0 Å². The van der Waals surface area contributed by atoms with E-state index in [1.165, 1.54) is 5.56 Å². The van der Waals surface area contributed by atoms with Crippen LogP contribution in [-0.2, 0) is 0 Å². The highest BCUT2D eigenvalue weighted by atomic mass is 79.9. The van der Waals surface area contributed by atoms with Crippen LogP contribution in [-0.4, -0.2) is 4.98 Å². The molecule has 3 aromatic carbocycles. The van der Waals surface area contributed by atoms with Crippen LogP contribution < -0.4 is 0 Å². The van der Waals surface area contributed by atoms with Gasteiger partial charge in [0.25, 0.3) is 0 Å². The Hall–Kier alpha value is -2.13. The van der Waals surface area contributed by atoms with Gasteiger partial charge in [-0.1, -0.05) is 60.1 Å². The Balaban J connectivity index is 1.94. The van der Waals surface area contributed by atoms with Gasteiger partial charge in [0.2, 0.25) is 5.89 Å². The lowest BCUT2D eigenvalue weighted by molar-refractivity contribution is 0.620. The fourth-order valence-corrected chi connectivity index (χ4v) is 3.38. The van der Waals surface area contributed by atoms with Gasteiger partial charge in [0.1, 0.15) is 5.52 Å². The Kier molecular flexibility index (Phi) is 3.46. The van der Waals surface area contributed by atoms with Crippen molar-refractivity contribution in [3.05, 3.63) is 64.6 Å². The summed E-state index contributed by atoms with van der Waals surface area (Å²) in [5, 5.41) is 2.30. The van der Waals surface area contributed by atoms with Gasteiger partial charge in [-0.2, -0.15) is 0 Å². The van der Waals surface area contributed by atoms with Crippen LogP contribution in [0.3, 0.4) is 0 Å². The first-order valence-corrected chi connectivity index (χ1v) is 8.51. The molecule has 2 nitrogen and oxygen atoms in total. The van der Waals surface area contributed by atoms with E-state index in [0.29, 0.717) is 11.8 Å². The van der Waals surface area contributed by atoms with Crippen LogP contribution in [0.1, 0.15) is 25.3 Å². The van der Waals surface area contributed by atoms with Gasteiger partial charge in [-0.25, -0.2) is 4.98 Å². The van der Waals surface area contributed by atoms with E-state index >= 15 is 0 Å². The summed E-state index contributed by atoms with van der Waals surface area (Å²) in [6.07, 6.45) is 0. The molecule has 0 aliphatic carbocycles. The second kappa shape index (κ2) is 5.50. The molecule has 0 saturated carbocycles. The van der Waals surface area contributed by atoms with Gasteiger partial charge in [-0.3, -0.25) is 0 Å². The summed E-state index contributed by atoms with van der Waals surface area (Å²) in [6, 6.07) is 18.6. The summed E-state index contributed by atoms with van der Waals surface area (Å²) in [4.78, 5) is 4.72. The number of hydrogen-bond acceptors (Lipinski definition) is 2. The quantitative estimate of drug-likeness (QED) is 0.403. The van der Waals surface area contributed by atoms with E-state index in [9.17, 15) is 0 Å². The van der Waals surface area contributed by atoms with Crippen LogP contribution in [0, 0.1) is 0 Å². The van der Waals surface area contributed by atoms with Gasteiger partial charge in [0.15, 0.2) is 5.58 Å². The molecule has 0 amide bonds. The minimum atomic E-state index is 0.480. The molecule has 0 fully saturated rings. The van der Waals surface area contributed by atoms with Crippen molar-refractivity contribution in [2.75, 3.05) is 0 Å². The van der Waals surface area contributed by atoms with Gasteiger partial charge in [0, 0.05) is 10.0 Å². The molecular formula is C20H16BrNO. The summed E-state index contributed by atoms with van der Waals surface area (Å²) < 4.78 is 7.09. The van der Waals surface area contributed by atoms with Crippen LogP contribution in [0.25, 0.3) is 33.3 Å². The SMILES string of the molecule is CC(C)c1ccc2oc(-c3cccc4c(Br)cccc34)nc2c1. The largest absolute Gasteiger partial charge is 0.436 e. The molecule has 0 radical (unpaired) electrons. The van der Waals surface area contributed by atoms with Gasteiger partial charge in [-0.05, 0) is 46.5 Å². The molecule has 0 aliphatic heterocycles. The number of hydrogen-bond donors (Lipinski definition) is 0. The van der Waals surface area contributed by atoms with Crippen molar-refractivity contribution in [1.29, 1.82) is 0 Å². The van der Waals surface area contributed by atoms with Crippen molar-refractivity contribution in [1.82, 2.24) is 4.98 Å². The van der Waals surface area contributed by atoms with Crippen molar-refractivity contribution < 1.29 is 4.42 Å². The van der Waals surface area contributed by atoms with E-state index in [1.54, 1.807) is 0 Å². The van der Waals surface area contributed by atoms with Crippen molar-refractivity contribution in [2.24, 2.45) is 0 Å². The average molecular weight is 366 g/mol. The highest BCUT2D eigenvalue weighted by Crippen LogP contribution is 2.34. The first kappa shape index (κ1) is 14.5. The zero-order chi connectivity index (χ0) is 16.0. The van der Waals surface area contributed by atoms with Crippen LogP contribution in [0.2, 0.25) is 0 Å². The van der Waals surface area contributed by atoms with Crippen LogP contribution >= 0.6 is 15.9 Å². The topological polar surface area (TPSA) is 26.0 Å². The number of benzene rings is 3. The van der Waals surface area contributed by atoms with Gasteiger partial charge in [0.05, 0.1) is 0 Å². The monoisotopic (exact) mass is 365 g/mol. The third-order valence-electron chi connectivity index (χ3n) is 4.18. The number of aromatic nitrogens is 1. The summed E-state index contributed by atoms with van der Waals surface area (Å²) in [7, 11) is 0. The van der Waals surface area contributed by atoms with Crippen LogP contribution in [0.4, 0.5) is 0 Å². The Morgan fingerprint density at radius 2 is 1.74 bits per heavy atom. The average Bonchev–Trinajstić information content (AvgIpc) is 2.97. The van der Waals surface area contributed by atoms with Crippen molar-refractivity contribution in [3.8, 4) is 11.5 Å². The molecule has 0 spiro atoms. The number of fused-ring (bicyclic) bond motifs is 2. The fraction of sp³-hybridized carbons (Fsp3) is 0.150. The predicted molar refractivity (Wildman–Crippen MR) is 98.7 cm³/mol. The molecule has 4 aromatic rings. The summed E-state index contributed by atoms with van der Waals surface area (Å²) in [6.45, 7) is 4.37. The lowest BCUT2D eigenvalue weighted by atomic mass is 10.0. The Labute approximate surface area is 143 Å². The highest BCUT2D eigenvalue weighted by Gasteiger charge is 2.13. The lowest BCUT2D eigenvalue weighted by Crippen LogP contribution is -1.85. The molecule has 0 saturated heterocycles. The van der Waals surface area contributed by atoms with Crippen LogP contribution in [0.5, 0.6) is 0 Å². The standard InChI is InChI=1S/C20H16BrNO/c1-12(2)13-9-10-19-18(11-13)22-20(23-19)16-7-3-6-15-14(16)5-4-8-17(15)21/h3-12H,1-2H3. The minimum Gasteiger partial charge on any atom is -0.436 e. The van der Waals surface area contributed by atoms with Gasteiger partial charge < -0.3 is 4.42 Å². The number of oxazole rings is 1. The van der Waals surface area contributed by atoms with Gasteiger partial charge >= 0.3 is 0 Å². The summed E-state index contributed by atoms with van der Waals surface area (Å²) in [5.74, 6) is 1.15. The second-order valence-electron chi connectivity index (χ2n) is 6.04. The molecule has 0 N–H and O–H groups in total. The first-order chi connectivity index (χ1) is 11.1. The Bertz CT molecular complexity index is 1020. The normalized spacial score (nSPS) is 11.7. The molecule has 0 bridgehead atoms. The zero-order valence-electron chi connectivity index (χ0n) is 13.0. The van der Waals surface area contributed by atoms with Crippen molar-refractivity contribution in [3.63, 3.8) is 0 Å². The molecule has 0 unspecified atom stereocenters. The first-order valence-electron chi connectivity index (χ1n) is 7.71. The molecule has 4 rings (SSSR count). The smallest absolute Gasteiger partial charge is 0.227 e. The third kappa shape index (κ3) is 2.45. The molecule has 1 aromatic heterocycles. The van der Waals surface area contributed by atoms with E-state index in [1.807, 2.05) is 24.3 Å². The molecule has 0 atom stereocenters. The molecule has 0 aliphatic rings. The van der Waals surface area contributed by atoms with E-state index < -0.39 is 0 Å². The maximum absolute atomic E-state index is 6.01. The van der Waals surface area contributed by atoms with Crippen LogP contribution in [0.15, 0.2) is 63.5 Å². The Morgan fingerprint density at radius 1 is 0.957 bits per heavy atom. The number of nitrogens with zero attached hydrogens (tertiary/aromatic N) is 1. The maximum Gasteiger partial charge on any atom is 0.227 e. The van der Waals surface area contributed by atoms with Gasteiger partial charge in [-0.15, -0.1) is 0 Å². The second-order valence-corrected chi connectivity index (χ2v) is 6.90. The van der Waals surface area contributed by atoms with E-state index in [0.717, 1.165) is 31.9 Å². The van der Waals surface area contributed by atoms with Crippen molar-refractivity contribution >= 4 is 37.8 Å². The number of halogens is 1. The van der Waals surface area contributed by atoms with E-state index in [2.05, 4.69) is 60.1 Å². The summed E-state index contributed by atoms with van der Waals surface area (Å²) in [5.41, 5.74) is 4.04. The fourth-order valence-electron chi connectivity index (χ4n) is 2.88. The third-order valence-corrected chi connectivity index (χ3v) is 4.87. The maximum atomic E-state index is 6.01. The predicted octanol–water partition coefficient (Wildman–Crippen LogP) is 6.53. The minimum absolute atomic E-state index is 0.480. The zero-order valence-corrected chi connectivity index (χ0v) is 14.6. The lowest BCUT2D eigenvalue weighted by Gasteiger charge is -2.04. The molecule has 114 valence electrons. The number of rotatable bonds is 2. The Morgan fingerprint density at radius 3 is 2.57 bits per heavy atom. The molecule has 1 heterocycles.